The molecular weight excluding hydrogens is 226 g/mol. The topological polar surface area (TPSA) is 44.4 Å². The van der Waals surface area contributed by atoms with Gasteiger partial charge in [0.2, 0.25) is 5.91 Å². The summed E-state index contributed by atoms with van der Waals surface area (Å²) in [5.41, 5.74) is 0. The van der Waals surface area contributed by atoms with Gasteiger partial charge in [0.25, 0.3) is 0 Å². The average Bonchev–Trinajstić information content (AvgIpc) is 2.29. The maximum atomic E-state index is 11.9. The van der Waals surface area contributed by atoms with E-state index in [0.29, 0.717) is 24.3 Å². The van der Waals surface area contributed by atoms with Crippen LogP contribution in [0.3, 0.4) is 0 Å². The van der Waals surface area contributed by atoms with Crippen molar-refractivity contribution in [2.75, 3.05) is 33.7 Å². The van der Waals surface area contributed by atoms with Crippen molar-refractivity contribution in [3.05, 3.63) is 0 Å². The fourth-order valence-electron chi connectivity index (χ4n) is 2.65. The molecule has 1 aliphatic heterocycles. The van der Waals surface area contributed by atoms with Gasteiger partial charge in [-0.15, -0.1) is 0 Å². The fraction of sp³-hybridized carbons (Fsp3) is 0.929. The highest BCUT2D eigenvalue weighted by atomic mass is 16.1. The molecule has 106 valence electrons. The number of carbonyl (C=O) groups excluding carboxylic acids is 1. The van der Waals surface area contributed by atoms with E-state index in [1.165, 1.54) is 0 Å². The monoisotopic (exact) mass is 255 g/mol. The summed E-state index contributed by atoms with van der Waals surface area (Å²) >= 11 is 0. The van der Waals surface area contributed by atoms with Crippen molar-refractivity contribution in [3.8, 4) is 0 Å². The fourth-order valence-corrected chi connectivity index (χ4v) is 2.65. The summed E-state index contributed by atoms with van der Waals surface area (Å²) in [6.07, 6.45) is 2.96. The SMILES string of the molecule is CC(C)C(CNC(=O)CC1CCNCC1)N(C)C. The summed E-state index contributed by atoms with van der Waals surface area (Å²) in [6, 6.07) is 0.418. The zero-order chi connectivity index (χ0) is 13.5. The number of hydrogen-bond donors (Lipinski definition) is 2. The molecule has 0 aromatic rings. The van der Waals surface area contributed by atoms with Gasteiger partial charge in [-0.05, 0) is 51.9 Å². The van der Waals surface area contributed by atoms with E-state index >= 15 is 0 Å². The lowest BCUT2D eigenvalue weighted by Crippen LogP contribution is -2.44. The highest BCUT2D eigenvalue weighted by Gasteiger charge is 2.19. The molecule has 2 N–H and O–H groups in total. The molecule has 4 heteroatoms. The maximum absolute atomic E-state index is 11.9. The van der Waals surface area contributed by atoms with Gasteiger partial charge in [-0.2, -0.15) is 0 Å². The lowest BCUT2D eigenvalue weighted by Gasteiger charge is -2.28. The first-order chi connectivity index (χ1) is 8.50. The Morgan fingerprint density at radius 2 is 1.94 bits per heavy atom. The van der Waals surface area contributed by atoms with E-state index in [1.807, 2.05) is 0 Å². The number of nitrogens with one attached hydrogen (secondary N) is 2. The van der Waals surface area contributed by atoms with Gasteiger partial charge in [0.1, 0.15) is 0 Å². The molecule has 4 nitrogen and oxygen atoms in total. The van der Waals surface area contributed by atoms with Crippen LogP contribution in [0.15, 0.2) is 0 Å². The number of piperidine rings is 1. The molecule has 0 radical (unpaired) electrons. The molecule has 1 fully saturated rings. The van der Waals surface area contributed by atoms with E-state index in [1.54, 1.807) is 0 Å². The Kier molecular flexibility index (Phi) is 6.65. The summed E-state index contributed by atoms with van der Waals surface area (Å²) in [4.78, 5) is 14.1. The van der Waals surface area contributed by atoms with Gasteiger partial charge in [0.15, 0.2) is 0 Å². The molecule has 18 heavy (non-hydrogen) atoms. The third-order valence-corrected chi connectivity index (χ3v) is 3.87. The van der Waals surface area contributed by atoms with Crippen molar-refractivity contribution < 1.29 is 4.79 Å². The normalized spacial score (nSPS) is 19.2. The maximum Gasteiger partial charge on any atom is 0.220 e. The predicted octanol–water partition coefficient (Wildman–Crippen LogP) is 1.08. The highest BCUT2D eigenvalue weighted by Crippen LogP contribution is 2.15. The summed E-state index contributed by atoms with van der Waals surface area (Å²) in [7, 11) is 4.15. The standard InChI is InChI=1S/C14H29N3O/c1-11(2)13(17(3)4)10-16-14(18)9-12-5-7-15-8-6-12/h11-13,15H,5-10H2,1-4H3,(H,16,18). The first-order valence-corrected chi connectivity index (χ1v) is 7.14. The summed E-state index contributed by atoms with van der Waals surface area (Å²) in [6.45, 7) is 7.27. The molecule has 1 amide bonds. The molecular formula is C14H29N3O. The average molecular weight is 255 g/mol. The van der Waals surface area contributed by atoms with Crippen LogP contribution < -0.4 is 10.6 Å². The van der Waals surface area contributed by atoms with E-state index < -0.39 is 0 Å². The van der Waals surface area contributed by atoms with E-state index in [4.69, 9.17) is 0 Å². The summed E-state index contributed by atoms with van der Waals surface area (Å²) < 4.78 is 0. The van der Waals surface area contributed by atoms with Gasteiger partial charge in [0, 0.05) is 19.0 Å². The number of rotatable bonds is 6. The molecule has 1 aliphatic rings. The molecule has 1 rings (SSSR count). The minimum atomic E-state index is 0.217. The first kappa shape index (κ1) is 15.4. The summed E-state index contributed by atoms with van der Waals surface area (Å²) in [5, 5.41) is 6.42. The Morgan fingerprint density at radius 1 is 1.33 bits per heavy atom. The van der Waals surface area contributed by atoms with Crippen molar-refractivity contribution in [2.24, 2.45) is 11.8 Å². The molecule has 1 saturated heterocycles. The van der Waals surface area contributed by atoms with Crippen LogP contribution in [0.5, 0.6) is 0 Å². The van der Waals surface area contributed by atoms with Crippen LogP contribution in [-0.4, -0.2) is 50.6 Å². The molecule has 0 spiro atoms. The van der Waals surface area contributed by atoms with Crippen LogP contribution in [0.1, 0.15) is 33.1 Å². The molecule has 0 bridgehead atoms. The van der Waals surface area contributed by atoms with Gasteiger partial charge >= 0.3 is 0 Å². The van der Waals surface area contributed by atoms with Crippen molar-refractivity contribution >= 4 is 5.91 Å². The third-order valence-electron chi connectivity index (χ3n) is 3.87. The summed E-state index contributed by atoms with van der Waals surface area (Å²) in [5.74, 6) is 1.34. The second-order valence-electron chi connectivity index (χ2n) is 5.98. The lowest BCUT2D eigenvalue weighted by atomic mass is 9.94. The van der Waals surface area contributed by atoms with Crippen molar-refractivity contribution in [2.45, 2.75) is 39.2 Å². The van der Waals surface area contributed by atoms with Crippen LogP contribution in [0.2, 0.25) is 0 Å². The number of hydrogen-bond acceptors (Lipinski definition) is 3. The Morgan fingerprint density at radius 3 is 2.44 bits per heavy atom. The smallest absolute Gasteiger partial charge is 0.220 e. The minimum Gasteiger partial charge on any atom is -0.355 e. The van der Waals surface area contributed by atoms with Gasteiger partial charge in [-0.1, -0.05) is 13.8 Å². The van der Waals surface area contributed by atoms with E-state index in [0.717, 1.165) is 32.5 Å². The zero-order valence-corrected chi connectivity index (χ0v) is 12.3. The number of amides is 1. The Labute approximate surface area is 111 Å². The Balaban J connectivity index is 2.26. The van der Waals surface area contributed by atoms with Gasteiger partial charge in [0.05, 0.1) is 0 Å². The lowest BCUT2D eigenvalue weighted by molar-refractivity contribution is -0.122. The third kappa shape index (κ3) is 5.36. The van der Waals surface area contributed by atoms with Gasteiger partial charge < -0.3 is 15.5 Å². The number of nitrogens with zero attached hydrogens (tertiary/aromatic N) is 1. The van der Waals surface area contributed by atoms with Gasteiger partial charge in [-0.25, -0.2) is 0 Å². The molecule has 1 heterocycles. The zero-order valence-electron chi connectivity index (χ0n) is 12.3. The predicted molar refractivity (Wildman–Crippen MR) is 75.5 cm³/mol. The minimum absolute atomic E-state index is 0.217. The molecule has 1 unspecified atom stereocenters. The van der Waals surface area contributed by atoms with Crippen LogP contribution >= 0.6 is 0 Å². The largest absolute Gasteiger partial charge is 0.355 e. The van der Waals surface area contributed by atoms with Crippen molar-refractivity contribution in [1.29, 1.82) is 0 Å². The second-order valence-corrected chi connectivity index (χ2v) is 5.98. The van der Waals surface area contributed by atoms with Gasteiger partial charge in [-0.3, -0.25) is 4.79 Å². The second kappa shape index (κ2) is 7.74. The molecule has 0 aromatic carbocycles. The van der Waals surface area contributed by atoms with Crippen LogP contribution in [-0.2, 0) is 4.79 Å². The van der Waals surface area contributed by atoms with Crippen molar-refractivity contribution in [3.63, 3.8) is 0 Å². The quantitative estimate of drug-likeness (QED) is 0.746. The van der Waals surface area contributed by atoms with E-state index in [-0.39, 0.29) is 5.91 Å². The number of likely N-dealkylation sites (N-methyl/N-ethyl adjacent to an activating group) is 1. The Bertz CT molecular complexity index is 239. The molecule has 0 aliphatic carbocycles. The molecule has 0 aromatic heterocycles. The van der Waals surface area contributed by atoms with Crippen LogP contribution in [0.4, 0.5) is 0 Å². The number of carbonyl (C=O) groups is 1. The van der Waals surface area contributed by atoms with E-state index in [2.05, 4.69) is 43.5 Å². The molecule has 1 atom stereocenters. The Hall–Kier alpha value is -0.610. The first-order valence-electron chi connectivity index (χ1n) is 7.14. The van der Waals surface area contributed by atoms with Crippen LogP contribution in [0, 0.1) is 11.8 Å². The van der Waals surface area contributed by atoms with E-state index in [9.17, 15) is 4.79 Å². The van der Waals surface area contributed by atoms with Crippen LogP contribution in [0.25, 0.3) is 0 Å². The van der Waals surface area contributed by atoms with Crippen molar-refractivity contribution in [1.82, 2.24) is 15.5 Å². The highest BCUT2D eigenvalue weighted by molar-refractivity contribution is 5.76. The molecule has 0 saturated carbocycles.